The van der Waals surface area contributed by atoms with Crippen LogP contribution in [0, 0.1) is 0 Å². The minimum atomic E-state index is -3.32. The number of hydrogen-bond donors (Lipinski definition) is 2. The maximum absolute atomic E-state index is 11.6. The van der Waals surface area contributed by atoms with E-state index in [1.54, 1.807) is 23.6 Å². The van der Waals surface area contributed by atoms with Gasteiger partial charge in [0.2, 0.25) is 10.0 Å². The van der Waals surface area contributed by atoms with Gasteiger partial charge < -0.3 is 9.67 Å². The molecule has 1 aromatic heterocycles. The molecule has 0 aliphatic rings. The molecule has 0 radical (unpaired) electrons. The number of nitrogens with one attached hydrogen (secondary N) is 1. The van der Waals surface area contributed by atoms with Gasteiger partial charge in [-0.15, -0.1) is 0 Å². The van der Waals surface area contributed by atoms with E-state index in [-0.39, 0.29) is 17.9 Å². The van der Waals surface area contributed by atoms with E-state index in [9.17, 15) is 13.2 Å². The normalized spacial score (nSPS) is 11.8. The fourth-order valence-electron chi connectivity index (χ4n) is 1.95. The predicted molar refractivity (Wildman–Crippen MR) is 74.2 cm³/mol. The SMILES string of the molecule is CCNS(=O)(=O)CCn1cnc2c(C(=O)O)cccc21. The first kappa shape index (κ1) is 14.5. The van der Waals surface area contributed by atoms with Crippen molar-refractivity contribution in [2.75, 3.05) is 12.3 Å². The van der Waals surface area contributed by atoms with Crippen molar-refractivity contribution < 1.29 is 18.3 Å². The summed E-state index contributed by atoms with van der Waals surface area (Å²) in [4.78, 5) is 15.1. The molecule has 0 fully saturated rings. The van der Waals surface area contributed by atoms with Gasteiger partial charge in [-0.1, -0.05) is 13.0 Å². The molecule has 2 N–H and O–H groups in total. The number of carboxylic acids is 1. The van der Waals surface area contributed by atoms with Gasteiger partial charge in [-0.05, 0) is 12.1 Å². The van der Waals surface area contributed by atoms with E-state index in [4.69, 9.17) is 5.11 Å². The van der Waals surface area contributed by atoms with E-state index >= 15 is 0 Å². The zero-order chi connectivity index (χ0) is 14.8. The maximum atomic E-state index is 11.6. The summed E-state index contributed by atoms with van der Waals surface area (Å²) in [5.74, 6) is -1.13. The second-order valence-electron chi connectivity index (χ2n) is 4.23. The molecule has 8 heteroatoms. The second kappa shape index (κ2) is 5.59. The molecule has 0 aliphatic heterocycles. The average Bonchev–Trinajstić information content (AvgIpc) is 2.79. The Labute approximate surface area is 116 Å². The summed E-state index contributed by atoms with van der Waals surface area (Å²) in [5.41, 5.74) is 1.08. The minimum absolute atomic E-state index is 0.0798. The van der Waals surface area contributed by atoms with E-state index in [0.717, 1.165) is 0 Å². The number of hydrogen-bond acceptors (Lipinski definition) is 4. The van der Waals surface area contributed by atoms with Gasteiger partial charge in [-0.2, -0.15) is 0 Å². The van der Waals surface area contributed by atoms with Crippen LogP contribution in [-0.4, -0.2) is 41.3 Å². The molecule has 7 nitrogen and oxygen atoms in total. The fraction of sp³-hybridized carbons (Fsp3) is 0.333. The van der Waals surface area contributed by atoms with Crippen LogP contribution in [0.15, 0.2) is 24.5 Å². The third kappa shape index (κ3) is 2.97. The Morgan fingerprint density at radius 2 is 2.20 bits per heavy atom. The van der Waals surface area contributed by atoms with E-state index in [1.807, 2.05) is 0 Å². The molecule has 2 aromatic rings. The zero-order valence-corrected chi connectivity index (χ0v) is 11.7. The molecular formula is C12H15N3O4S. The lowest BCUT2D eigenvalue weighted by molar-refractivity contribution is 0.0699. The van der Waals surface area contributed by atoms with Crippen molar-refractivity contribution in [3.63, 3.8) is 0 Å². The molecule has 0 atom stereocenters. The first-order chi connectivity index (χ1) is 9.44. The first-order valence-corrected chi connectivity index (χ1v) is 7.74. The number of fused-ring (bicyclic) bond motifs is 1. The van der Waals surface area contributed by atoms with Gasteiger partial charge in [0.1, 0.15) is 5.52 Å². The van der Waals surface area contributed by atoms with Crippen molar-refractivity contribution in [2.45, 2.75) is 13.5 Å². The number of rotatable bonds is 6. The number of aromatic carboxylic acids is 1. The molecule has 0 bridgehead atoms. The molecule has 2 rings (SSSR count). The Hall–Kier alpha value is -1.93. The van der Waals surface area contributed by atoms with Crippen LogP contribution in [0.25, 0.3) is 11.0 Å². The maximum Gasteiger partial charge on any atom is 0.337 e. The fourth-order valence-corrected chi connectivity index (χ4v) is 2.97. The third-order valence-corrected chi connectivity index (χ3v) is 4.29. The number of aromatic nitrogens is 2. The lowest BCUT2D eigenvalue weighted by atomic mass is 10.2. The van der Waals surface area contributed by atoms with Crippen molar-refractivity contribution in [3.05, 3.63) is 30.1 Å². The number of carbonyl (C=O) groups is 1. The van der Waals surface area contributed by atoms with Crippen molar-refractivity contribution in [2.24, 2.45) is 0 Å². The molecule has 108 valence electrons. The summed E-state index contributed by atoms with van der Waals surface area (Å²) < 4.78 is 27.2. The van der Waals surface area contributed by atoms with Crippen LogP contribution < -0.4 is 4.72 Å². The predicted octanol–water partition coefficient (Wildman–Crippen LogP) is 0.674. The number of para-hydroxylation sites is 1. The van der Waals surface area contributed by atoms with Crippen molar-refractivity contribution >= 4 is 27.0 Å². The van der Waals surface area contributed by atoms with E-state index in [0.29, 0.717) is 17.6 Å². The molecule has 1 heterocycles. The summed E-state index contributed by atoms with van der Waals surface area (Å²) in [6, 6.07) is 4.80. The molecule has 20 heavy (non-hydrogen) atoms. The van der Waals surface area contributed by atoms with Crippen molar-refractivity contribution in [1.82, 2.24) is 14.3 Å². The largest absolute Gasteiger partial charge is 0.478 e. The van der Waals surface area contributed by atoms with Gasteiger partial charge in [0.05, 0.1) is 23.2 Å². The molecule has 1 aromatic carbocycles. The number of aryl methyl sites for hydroxylation is 1. The number of carboxylic acid groups (broad SMARTS) is 1. The molecule has 0 saturated heterocycles. The third-order valence-electron chi connectivity index (χ3n) is 2.85. The molecular weight excluding hydrogens is 282 g/mol. The number of imidazole rings is 1. The Bertz CT molecular complexity index is 736. The monoisotopic (exact) mass is 297 g/mol. The van der Waals surface area contributed by atoms with Gasteiger partial charge in [-0.3, -0.25) is 0 Å². The average molecular weight is 297 g/mol. The summed E-state index contributed by atoms with van der Waals surface area (Å²) >= 11 is 0. The highest BCUT2D eigenvalue weighted by Crippen LogP contribution is 2.17. The standard InChI is InChI=1S/C12H15N3O4S/c1-2-14-20(18,19)7-6-15-8-13-11-9(12(16)17)4-3-5-10(11)15/h3-5,8,14H,2,6-7H2,1H3,(H,16,17). The van der Waals surface area contributed by atoms with Gasteiger partial charge in [0.25, 0.3) is 0 Å². The van der Waals surface area contributed by atoms with E-state index < -0.39 is 16.0 Å². The molecule has 0 unspecified atom stereocenters. The number of nitrogens with zero attached hydrogens (tertiary/aromatic N) is 2. The van der Waals surface area contributed by atoms with Crippen LogP contribution in [0.2, 0.25) is 0 Å². The van der Waals surface area contributed by atoms with Gasteiger partial charge in [-0.25, -0.2) is 22.9 Å². The lowest BCUT2D eigenvalue weighted by Gasteiger charge is -2.06. The molecule has 0 saturated carbocycles. The topological polar surface area (TPSA) is 101 Å². The van der Waals surface area contributed by atoms with Crippen LogP contribution >= 0.6 is 0 Å². The van der Waals surface area contributed by atoms with Gasteiger partial charge in [0.15, 0.2) is 0 Å². The Kier molecular flexibility index (Phi) is 4.05. The Balaban J connectivity index is 2.29. The molecule has 0 amide bonds. The summed E-state index contributed by atoms with van der Waals surface area (Å²) in [6.07, 6.45) is 1.46. The van der Waals surface area contributed by atoms with Gasteiger partial charge >= 0.3 is 5.97 Å². The summed E-state index contributed by atoms with van der Waals surface area (Å²) in [7, 11) is -3.32. The zero-order valence-electron chi connectivity index (χ0n) is 10.9. The second-order valence-corrected chi connectivity index (χ2v) is 6.16. The minimum Gasteiger partial charge on any atom is -0.478 e. The van der Waals surface area contributed by atoms with Crippen LogP contribution in [0.1, 0.15) is 17.3 Å². The molecule has 0 aliphatic carbocycles. The van der Waals surface area contributed by atoms with Gasteiger partial charge in [0, 0.05) is 13.1 Å². The van der Waals surface area contributed by atoms with Crippen molar-refractivity contribution in [1.29, 1.82) is 0 Å². The van der Waals surface area contributed by atoms with Crippen LogP contribution in [-0.2, 0) is 16.6 Å². The van der Waals surface area contributed by atoms with Crippen LogP contribution in [0.3, 0.4) is 0 Å². The number of sulfonamides is 1. The first-order valence-electron chi connectivity index (χ1n) is 6.09. The highest BCUT2D eigenvalue weighted by Gasteiger charge is 2.14. The lowest BCUT2D eigenvalue weighted by Crippen LogP contribution is -2.27. The van der Waals surface area contributed by atoms with E-state index in [1.165, 1.54) is 12.4 Å². The molecule has 0 spiro atoms. The highest BCUT2D eigenvalue weighted by atomic mass is 32.2. The van der Waals surface area contributed by atoms with E-state index in [2.05, 4.69) is 9.71 Å². The van der Waals surface area contributed by atoms with Crippen LogP contribution in [0.5, 0.6) is 0 Å². The Morgan fingerprint density at radius 3 is 2.85 bits per heavy atom. The van der Waals surface area contributed by atoms with Crippen molar-refractivity contribution in [3.8, 4) is 0 Å². The highest BCUT2D eigenvalue weighted by molar-refractivity contribution is 7.89. The van der Waals surface area contributed by atoms with Crippen LogP contribution in [0.4, 0.5) is 0 Å². The number of benzene rings is 1. The summed E-state index contributed by atoms with van der Waals surface area (Å²) in [5, 5.41) is 9.07. The Morgan fingerprint density at radius 1 is 1.45 bits per heavy atom. The smallest absolute Gasteiger partial charge is 0.337 e. The summed E-state index contributed by atoms with van der Waals surface area (Å²) in [6.45, 7) is 2.27. The quantitative estimate of drug-likeness (QED) is 0.816.